The van der Waals surface area contributed by atoms with Crippen molar-refractivity contribution in [1.82, 2.24) is 4.90 Å². The molecule has 0 aromatic heterocycles. The lowest BCUT2D eigenvalue weighted by atomic mass is 9.42. The fourth-order valence-corrected chi connectivity index (χ4v) is 13.9. The number of piperidine rings is 1. The van der Waals surface area contributed by atoms with Crippen molar-refractivity contribution in [3.05, 3.63) is 36.5 Å². The zero-order chi connectivity index (χ0) is 41.5. The van der Waals surface area contributed by atoms with Crippen molar-refractivity contribution in [1.29, 1.82) is 0 Å². The van der Waals surface area contributed by atoms with E-state index < -0.39 is 28.6 Å². The normalized spacial score (nSPS) is 40.0. The highest BCUT2D eigenvalue weighted by Crippen LogP contribution is 2.80. The molecule has 10 nitrogen and oxygen atoms in total. The molecule has 14 atom stereocenters. The van der Waals surface area contributed by atoms with Gasteiger partial charge in [-0.25, -0.2) is 0 Å². The highest BCUT2D eigenvalue weighted by atomic mass is 16.6. The fraction of sp³-hybridized carbons (Fsp3) is 0.833. The van der Waals surface area contributed by atoms with Crippen LogP contribution < -0.4 is 0 Å². The van der Waals surface area contributed by atoms with Gasteiger partial charge in [-0.2, -0.15) is 0 Å². The van der Waals surface area contributed by atoms with Gasteiger partial charge < -0.3 is 33.5 Å². The van der Waals surface area contributed by atoms with Gasteiger partial charge in [0.15, 0.2) is 0 Å². The van der Waals surface area contributed by atoms with Crippen LogP contribution in [0, 0.1) is 40.4 Å². The van der Waals surface area contributed by atoms with Gasteiger partial charge >= 0.3 is 11.9 Å². The lowest BCUT2D eigenvalue weighted by molar-refractivity contribution is -0.298. The number of nitrogens with zero attached hydrogens (tertiary/aromatic N) is 1. The van der Waals surface area contributed by atoms with Gasteiger partial charge in [-0.15, -0.1) is 0 Å². The molecule has 0 aromatic carbocycles. The van der Waals surface area contributed by atoms with E-state index in [1.807, 2.05) is 0 Å². The van der Waals surface area contributed by atoms with Gasteiger partial charge in [-0.3, -0.25) is 14.5 Å². The summed E-state index contributed by atoms with van der Waals surface area (Å²) >= 11 is 0. The number of likely N-dealkylation sites (tertiary alicyclic amines) is 1. The Labute approximate surface area is 349 Å². The number of hydrogen-bond donors (Lipinski definition) is 1. The van der Waals surface area contributed by atoms with Crippen molar-refractivity contribution in [3.8, 4) is 0 Å². The number of carbonyl (C=O) groups excluding carboxylic acids is 2. The predicted octanol–water partition coefficient (Wildman–Crippen LogP) is 8.01. The van der Waals surface area contributed by atoms with Crippen molar-refractivity contribution in [2.24, 2.45) is 40.4 Å². The number of unbranched alkanes of at least 4 members (excludes halogenated alkanes) is 6. The summed E-state index contributed by atoms with van der Waals surface area (Å²) < 4.78 is 39.4. The summed E-state index contributed by atoms with van der Waals surface area (Å²) in [5, 5.41) is 12.2. The second kappa shape index (κ2) is 20.2. The number of aliphatic hydroxyl groups excluding tert-OH is 1. The minimum Gasteiger partial charge on any atom is -0.461 e. The Kier molecular flexibility index (Phi) is 15.8. The van der Waals surface area contributed by atoms with E-state index in [1.54, 1.807) is 28.4 Å². The first-order valence-corrected chi connectivity index (χ1v) is 23.1. The van der Waals surface area contributed by atoms with E-state index in [-0.39, 0.29) is 65.9 Å². The second-order valence-electron chi connectivity index (χ2n) is 18.5. The monoisotopic (exact) mass is 812 g/mol. The molecule has 5 aliphatic carbocycles. The van der Waals surface area contributed by atoms with Crippen LogP contribution in [0.3, 0.4) is 0 Å². The summed E-state index contributed by atoms with van der Waals surface area (Å²) in [6, 6.07) is -0.0252. The van der Waals surface area contributed by atoms with Crippen LogP contribution in [0.4, 0.5) is 0 Å². The van der Waals surface area contributed by atoms with Crippen LogP contribution in [-0.2, 0) is 38.0 Å². The average Bonchev–Trinajstić information content (AvgIpc) is 3.64. The molecule has 1 aliphatic heterocycles. The Hall–Kier alpha value is -2.08. The molecule has 1 spiro atoms. The molecule has 0 amide bonds. The van der Waals surface area contributed by atoms with E-state index in [4.69, 9.17) is 28.4 Å². The van der Waals surface area contributed by atoms with Gasteiger partial charge in [0.1, 0.15) is 11.7 Å². The van der Waals surface area contributed by atoms with E-state index in [9.17, 15) is 14.7 Å². The van der Waals surface area contributed by atoms with Crippen LogP contribution in [0.2, 0.25) is 0 Å². The third-order valence-electron chi connectivity index (χ3n) is 15.8. The molecule has 0 aromatic rings. The molecule has 1 saturated heterocycles. The maximum absolute atomic E-state index is 14.4. The minimum absolute atomic E-state index is 0.0168. The smallest absolute Gasteiger partial charge is 0.306 e. The number of ether oxygens (including phenoxy) is 6. The number of allylic oxidation sites excluding steroid dienone is 6. The first-order chi connectivity index (χ1) is 28.2. The van der Waals surface area contributed by atoms with E-state index in [0.29, 0.717) is 38.8 Å². The topological polar surface area (TPSA) is 113 Å². The SMILES string of the molecule is CC/C=C\C/C=C\C/C=C\CCCCCCCC(=O)O[C@]12C[C@H](OC)C3CC(C1C3OC(=O)CCCC)[C@@]13C4C2C(OC)C1[C@](COC)(CN4CC)[C@H](O)C[C@@H]3OC. The number of aliphatic hydroxyl groups is 1. The van der Waals surface area contributed by atoms with Gasteiger partial charge in [-0.1, -0.05) is 82.9 Å². The zero-order valence-electron chi connectivity index (χ0n) is 36.9. The molecular formula is C48H77NO9. The number of methoxy groups -OCH3 is 4. The van der Waals surface area contributed by atoms with E-state index in [2.05, 4.69) is 62.1 Å². The van der Waals surface area contributed by atoms with E-state index >= 15 is 0 Å². The molecule has 10 heteroatoms. The minimum atomic E-state index is -0.993. The first-order valence-electron chi connectivity index (χ1n) is 23.1. The molecule has 328 valence electrons. The molecule has 58 heavy (non-hydrogen) atoms. The van der Waals surface area contributed by atoms with Crippen LogP contribution >= 0.6 is 0 Å². The maximum Gasteiger partial charge on any atom is 0.306 e. The Balaban J connectivity index is 1.25. The zero-order valence-corrected chi connectivity index (χ0v) is 36.9. The molecule has 6 fully saturated rings. The van der Waals surface area contributed by atoms with E-state index in [1.165, 1.54) is 0 Å². The molecule has 8 unspecified atom stereocenters. The lowest BCUT2D eigenvalue weighted by Gasteiger charge is -2.70. The van der Waals surface area contributed by atoms with Crippen molar-refractivity contribution >= 4 is 11.9 Å². The highest BCUT2D eigenvalue weighted by molar-refractivity contribution is 5.71. The summed E-state index contributed by atoms with van der Waals surface area (Å²) in [5.41, 5.74) is -2.05. The lowest BCUT2D eigenvalue weighted by Crippen LogP contribution is -2.79. The number of hydrogen-bond acceptors (Lipinski definition) is 10. The number of fused-ring (bicyclic) bond motifs is 2. The van der Waals surface area contributed by atoms with Crippen LogP contribution in [0.1, 0.15) is 124 Å². The molecule has 5 saturated carbocycles. The van der Waals surface area contributed by atoms with Gasteiger partial charge in [-0.05, 0) is 63.8 Å². The van der Waals surface area contributed by atoms with E-state index in [0.717, 1.165) is 83.6 Å². The largest absolute Gasteiger partial charge is 0.461 e. The van der Waals surface area contributed by atoms with Crippen molar-refractivity contribution in [3.63, 3.8) is 0 Å². The third-order valence-corrected chi connectivity index (χ3v) is 15.8. The quantitative estimate of drug-likeness (QED) is 0.0585. The number of rotatable bonds is 24. The van der Waals surface area contributed by atoms with Gasteiger partial charge in [0.25, 0.3) is 0 Å². The summed E-state index contributed by atoms with van der Waals surface area (Å²) in [6.07, 6.45) is 24.8. The predicted molar refractivity (Wildman–Crippen MR) is 225 cm³/mol. The molecule has 6 rings (SSSR count). The Bertz CT molecular complexity index is 1450. The van der Waals surface area contributed by atoms with Gasteiger partial charge in [0.2, 0.25) is 0 Å². The third kappa shape index (κ3) is 7.94. The molecule has 0 radical (unpaired) electrons. The van der Waals surface area contributed by atoms with Crippen LogP contribution in [0.15, 0.2) is 36.5 Å². The Morgan fingerprint density at radius 1 is 0.776 bits per heavy atom. The summed E-state index contributed by atoms with van der Waals surface area (Å²) in [5.74, 6) is -1.04. The van der Waals surface area contributed by atoms with Gasteiger partial charge in [0.05, 0.1) is 31.0 Å². The molecule has 7 bridgehead atoms. The number of esters is 2. The van der Waals surface area contributed by atoms with Gasteiger partial charge in [0, 0.05) is 101 Å². The van der Waals surface area contributed by atoms with Crippen LogP contribution in [-0.4, -0.2) is 112 Å². The van der Waals surface area contributed by atoms with Crippen molar-refractivity contribution in [2.45, 2.75) is 166 Å². The summed E-state index contributed by atoms with van der Waals surface area (Å²) in [4.78, 5) is 30.6. The average molecular weight is 812 g/mol. The summed E-state index contributed by atoms with van der Waals surface area (Å²) in [7, 11) is 7.04. The Morgan fingerprint density at radius 2 is 1.48 bits per heavy atom. The number of carbonyl (C=O) groups is 2. The second-order valence-corrected chi connectivity index (χ2v) is 18.5. The molecule has 1 N–H and O–H groups in total. The fourth-order valence-electron chi connectivity index (χ4n) is 13.9. The van der Waals surface area contributed by atoms with Crippen molar-refractivity contribution in [2.75, 3.05) is 48.1 Å². The molecule has 6 aliphatic rings. The molecular weight excluding hydrogens is 735 g/mol. The standard InChI is InChI=1S/C48H77NO9/c1-8-11-13-14-15-16-17-18-19-20-21-22-23-24-25-27-39(52)58-47-30-35(54-5)33-28-34(40(47)42(33)57-38(51)26-12-9-2)48-37(55-6)29-36(50)46(32-53-4)31-49(10-3)45(48)41(47)43(56-7)44(46)48/h11,13,15-16,18-19,33-37,40-45,50H,8-10,12,14,17,20-32H2,1-7H3/b13-11-,16-15-,19-18-/t33?,34?,35-,36+,37-,40?,41?,42?,43?,44?,45?,46-,47+,48-/m0/s1. The first kappa shape index (κ1) is 45.4. The Morgan fingerprint density at radius 3 is 2.16 bits per heavy atom. The molecule has 1 heterocycles. The maximum atomic E-state index is 14.4. The highest BCUT2D eigenvalue weighted by Gasteiger charge is 2.89. The van der Waals surface area contributed by atoms with Crippen LogP contribution in [0.5, 0.6) is 0 Å². The van der Waals surface area contributed by atoms with Crippen molar-refractivity contribution < 1.29 is 43.1 Å². The van der Waals surface area contributed by atoms with Crippen LogP contribution in [0.25, 0.3) is 0 Å². The summed E-state index contributed by atoms with van der Waals surface area (Å²) in [6.45, 7) is 8.25.